The topological polar surface area (TPSA) is 37.3 Å². The standard InChI is InChI=1S/C9H14O2S/c1-4-5-6-12-8(7(2)3)9(10)11/h1,7-8H,5-6H2,2-3H3,(H,10,11). The van der Waals surface area contributed by atoms with E-state index in [-0.39, 0.29) is 11.2 Å². The molecular weight excluding hydrogens is 172 g/mol. The van der Waals surface area contributed by atoms with Crippen molar-refractivity contribution in [1.29, 1.82) is 0 Å². The Bertz CT molecular complexity index is 181. The van der Waals surface area contributed by atoms with Crippen molar-refractivity contribution >= 4 is 17.7 Å². The van der Waals surface area contributed by atoms with Crippen LogP contribution in [0.15, 0.2) is 0 Å². The zero-order chi connectivity index (χ0) is 9.56. The van der Waals surface area contributed by atoms with Gasteiger partial charge in [0.2, 0.25) is 0 Å². The predicted molar refractivity (Wildman–Crippen MR) is 52.2 cm³/mol. The molecule has 0 aliphatic heterocycles. The SMILES string of the molecule is C#CCCSC(C(=O)O)C(C)C. The van der Waals surface area contributed by atoms with Gasteiger partial charge in [-0.25, -0.2) is 0 Å². The lowest BCUT2D eigenvalue weighted by Crippen LogP contribution is -2.22. The Balaban J connectivity index is 3.82. The molecule has 12 heavy (non-hydrogen) atoms. The van der Waals surface area contributed by atoms with Crippen molar-refractivity contribution in [2.45, 2.75) is 25.5 Å². The molecule has 0 aromatic rings. The highest BCUT2D eigenvalue weighted by Gasteiger charge is 2.20. The average molecular weight is 186 g/mol. The van der Waals surface area contributed by atoms with Crippen LogP contribution in [0.2, 0.25) is 0 Å². The quantitative estimate of drug-likeness (QED) is 0.526. The number of carbonyl (C=O) groups is 1. The highest BCUT2D eigenvalue weighted by atomic mass is 32.2. The van der Waals surface area contributed by atoms with E-state index in [1.165, 1.54) is 11.8 Å². The van der Waals surface area contributed by atoms with Gasteiger partial charge in [0.1, 0.15) is 5.25 Å². The lowest BCUT2D eigenvalue weighted by atomic mass is 10.1. The average Bonchev–Trinajstić information content (AvgIpc) is 1.96. The van der Waals surface area contributed by atoms with Crippen LogP contribution in [0.25, 0.3) is 0 Å². The number of carboxylic acid groups (broad SMARTS) is 1. The summed E-state index contributed by atoms with van der Waals surface area (Å²) in [6, 6.07) is 0. The summed E-state index contributed by atoms with van der Waals surface area (Å²) in [5.41, 5.74) is 0. The first-order valence-corrected chi connectivity index (χ1v) is 4.92. The Morgan fingerprint density at radius 3 is 2.58 bits per heavy atom. The van der Waals surface area contributed by atoms with Crippen molar-refractivity contribution < 1.29 is 9.90 Å². The van der Waals surface area contributed by atoms with Crippen molar-refractivity contribution in [3.05, 3.63) is 0 Å². The van der Waals surface area contributed by atoms with E-state index in [1.54, 1.807) is 0 Å². The molecule has 0 saturated carbocycles. The monoisotopic (exact) mass is 186 g/mol. The summed E-state index contributed by atoms with van der Waals surface area (Å²) in [5, 5.41) is 8.45. The minimum atomic E-state index is -0.743. The molecule has 68 valence electrons. The molecule has 0 heterocycles. The first kappa shape index (κ1) is 11.4. The number of carboxylic acids is 1. The molecule has 1 unspecified atom stereocenters. The molecule has 0 amide bonds. The van der Waals surface area contributed by atoms with Crippen molar-refractivity contribution in [3.8, 4) is 12.3 Å². The third-order valence-corrected chi connectivity index (χ3v) is 2.94. The summed E-state index contributed by atoms with van der Waals surface area (Å²) < 4.78 is 0. The molecule has 0 aliphatic carbocycles. The van der Waals surface area contributed by atoms with E-state index in [0.29, 0.717) is 6.42 Å². The molecule has 1 atom stereocenters. The first-order chi connectivity index (χ1) is 5.59. The molecule has 0 rings (SSSR count). The van der Waals surface area contributed by atoms with Gasteiger partial charge in [0.15, 0.2) is 0 Å². The van der Waals surface area contributed by atoms with Gasteiger partial charge in [0.25, 0.3) is 0 Å². The zero-order valence-electron chi connectivity index (χ0n) is 7.41. The van der Waals surface area contributed by atoms with Gasteiger partial charge in [-0.15, -0.1) is 24.1 Å². The molecule has 0 saturated heterocycles. The molecule has 0 aliphatic rings. The summed E-state index contributed by atoms with van der Waals surface area (Å²) in [6.07, 6.45) is 5.70. The van der Waals surface area contributed by atoms with E-state index < -0.39 is 5.97 Å². The largest absolute Gasteiger partial charge is 0.480 e. The van der Waals surface area contributed by atoms with Crippen LogP contribution in [0.5, 0.6) is 0 Å². The Morgan fingerprint density at radius 1 is 1.67 bits per heavy atom. The van der Waals surface area contributed by atoms with Gasteiger partial charge in [-0.05, 0) is 5.92 Å². The van der Waals surface area contributed by atoms with Crippen molar-refractivity contribution in [2.75, 3.05) is 5.75 Å². The minimum absolute atomic E-state index is 0.158. The van der Waals surface area contributed by atoms with Crippen LogP contribution in [0.3, 0.4) is 0 Å². The molecule has 0 aromatic carbocycles. The molecule has 0 radical (unpaired) electrons. The summed E-state index contributed by atoms with van der Waals surface area (Å²) in [6.45, 7) is 3.81. The van der Waals surface area contributed by atoms with Gasteiger partial charge >= 0.3 is 5.97 Å². The van der Waals surface area contributed by atoms with Gasteiger partial charge in [0, 0.05) is 12.2 Å². The predicted octanol–water partition coefficient (Wildman–Crippen LogP) is 1.85. The van der Waals surface area contributed by atoms with E-state index >= 15 is 0 Å². The maximum Gasteiger partial charge on any atom is 0.316 e. The van der Waals surface area contributed by atoms with Crippen LogP contribution in [-0.2, 0) is 4.79 Å². The van der Waals surface area contributed by atoms with Crippen LogP contribution in [0.4, 0.5) is 0 Å². The first-order valence-electron chi connectivity index (χ1n) is 3.87. The minimum Gasteiger partial charge on any atom is -0.480 e. The van der Waals surface area contributed by atoms with Gasteiger partial charge in [-0.2, -0.15) is 0 Å². The van der Waals surface area contributed by atoms with E-state index in [0.717, 1.165) is 5.75 Å². The lowest BCUT2D eigenvalue weighted by molar-refractivity contribution is -0.137. The van der Waals surface area contributed by atoms with E-state index in [1.807, 2.05) is 13.8 Å². The second-order valence-electron chi connectivity index (χ2n) is 2.83. The zero-order valence-corrected chi connectivity index (χ0v) is 8.23. The smallest absolute Gasteiger partial charge is 0.316 e. The summed E-state index contributed by atoms with van der Waals surface area (Å²) in [7, 11) is 0. The number of rotatable bonds is 5. The number of hydrogen-bond donors (Lipinski definition) is 1. The Kier molecular flexibility index (Phi) is 5.65. The maximum absolute atomic E-state index is 10.7. The van der Waals surface area contributed by atoms with E-state index in [9.17, 15) is 4.79 Å². The van der Waals surface area contributed by atoms with Crippen LogP contribution < -0.4 is 0 Å². The van der Waals surface area contributed by atoms with E-state index in [2.05, 4.69) is 5.92 Å². The highest BCUT2D eigenvalue weighted by molar-refractivity contribution is 8.00. The molecule has 3 heteroatoms. The number of terminal acetylenes is 1. The lowest BCUT2D eigenvalue weighted by Gasteiger charge is -2.14. The van der Waals surface area contributed by atoms with Gasteiger partial charge < -0.3 is 5.11 Å². The van der Waals surface area contributed by atoms with Crippen LogP contribution in [-0.4, -0.2) is 22.1 Å². The fraction of sp³-hybridized carbons (Fsp3) is 0.667. The summed E-state index contributed by atoms with van der Waals surface area (Å²) >= 11 is 1.42. The Labute approximate surface area is 77.7 Å². The second kappa shape index (κ2) is 5.96. The molecule has 0 bridgehead atoms. The third-order valence-electron chi connectivity index (χ3n) is 1.39. The molecule has 1 N–H and O–H groups in total. The van der Waals surface area contributed by atoms with E-state index in [4.69, 9.17) is 11.5 Å². The fourth-order valence-corrected chi connectivity index (χ4v) is 1.81. The van der Waals surface area contributed by atoms with Crippen molar-refractivity contribution in [3.63, 3.8) is 0 Å². The molecular formula is C9H14O2S. The summed E-state index contributed by atoms with van der Waals surface area (Å²) in [4.78, 5) is 10.7. The van der Waals surface area contributed by atoms with Crippen LogP contribution >= 0.6 is 11.8 Å². The molecule has 0 spiro atoms. The second-order valence-corrected chi connectivity index (χ2v) is 4.08. The van der Waals surface area contributed by atoms with Crippen molar-refractivity contribution in [1.82, 2.24) is 0 Å². The van der Waals surface area contributed by atoms with Crippen LogP contribution in [0, 0.1) is 18.3 Å². The van der Waals surface area contributed by atoms with Gasteiger partial charge in [0.05, 0.1) is 0 Å². The summed E-state index contributed by atoms with van der Waals surface area (Å²) in [5.74, 6) is 2.63. The number of thioether (sulfide) groups is 1. The fourth-order valence-electron chi connectivity index (χ4n) is 0.794. The molecule has 0 aromatic heterocycles. The molecule has 0 fully saturated rings. The molecule has 2 nitrogen and oxygen atoms in total. The highest BCUT2D eigenvalue weighted by Crippen LogP contribution is 2.20. The van der Waals surface area contributed by atoms with Crippen molar-refractivity contribution in [2.24, 2.45) is 5.92 Å². The van der Waals surface area contributed by atoms with Crippen LogP contribution in [0.1, 0.15) is 20.3 Å². The van der Waals surface area contributed by atoms with Gasteiger partial charge in [-0.3, -0.25) is 4.79 Å². The number of hydrogen-bond acceptors (Lipinski definition) is 2. The number of aliphatic carboxylic acids is 1. The Hall–Kier alpha value is -0.620. The Morgan fingerprint density at radius 2 is 2.25 bits per heavy atom. The third kappa shape index (κ3) is 4.30. The van der Waals surface area contributed by atoms with Gasteiger partial charge in [-0.1, -0.05) is 13.8 Å². The maximum atomic E-state index is 10.7. The normalized spacial score (nSPS) is 12.5.